The summed E-state index contributed by atoms with van der Waals surface area (Å²) in [6, 6.07) is 10.8. The first-order valence-corrected chi connectivity index (χ1v) is 14.5. The fourth-order valence-corrected chi connectivity index (χ4v) is 5.02. The standard InChI is InChI=1S/C32H42N6O6/c1-41-25-13-23(14-26(17-25)42-2)19-37-11-8-34-30(37)21-36(10-6-5-7-29(33)32(39)40)22-31-35-9-12-38(31)20-24-15-27(43-3)18-28(16-24)44-4/h8-9,11-18,29H,5-7,10,19-22,33H2,1-4H3,(H,39,40). The number of carbonyl (C=O) groups is 1. The quantitative estimate of drug-likeness (QED) is 0.161. The van der Waals surface area contributed by atoms with E-state index in [0.717, 1.165) is 52.2 Å². The van der Waals surface area contributed by atoms with Crippen LogP contribution in [0.5, 0.6) is 23.0 Å². The van der Waals surface area contributed by atoms with Gasteiger partial charge in [-0.05, 0) is 54.8 Å². The molecule has 0 saturated carbocycles. The van der Waals surface area contributed by atoms with Crippen LogP contribution in [-0.2, 0) is 31.0 Å². The van der Waals surface area contributed by atoms with Crippen molar-refractivity contribution < 1.29 is 28.8 Å². The molecule has 0 radical (unpaired) electrons. The number of carboxylic acid groups (broad SMARTS) is 1. The van der Waals surface area contributed by atoms with E-state index in [0.29, 0.717) is 45.6 Å². The third-order valence-corrected chi connectivity index (χ3v) is 7.42. The molecule has 0 aliphatic carbocycles. The normalized spacial score (nSPS) is 11.9. The van der Waals surface area contributed by atoms with Crippen molar-refractivity contribution in [3.63, 3.8) is 0 Å². The van der Waals surface area contributed by atoms with Gasteiger partial charge in [-0.2, -0.15) is 0 Å². The maximum atomic E-state index is 11.2. The van der Waals surface area contributed by atoms with Gasteiger partial charge in [-0.3, -0.25) is 9.69 Å². The lowest BCUT2D eigenvalue weighted by Gasteiger charge is -2.23. The second-order valence-electron chi connectivity index (χ2n) is 10.5. The fraction of sp³-hybridized carbons (Fsp3) is 0.406. The van der Waals surface area contributed by atoms with Gasteiger partial charge in [0.2, 0.25) is 0 Å². The molecule has 236 valence electrons. The van der Waals surface area contributed by atoms with Crippen LogP contribution >= 0.6 is 0 Å². The molecule has 12 heteroatoms. The van der Waals surface area contributed by atoms with Crippen LogP contribution in [0.2, 0.25) is 0 Å². The predicted molar refractivity (Wildman–Crippen MR) is 165 cm³/mol. The number of aliphatic carboxylic acids is 1. The Balaban J connectivity index is 1.52. The predicted octanol–water partition coefficient (Wildman–Crippen LogP) is 3.80. The highest BCUT2D eigenvalue weighted by atomic mass is 16.5. The Morgan fingerprint density at radius 1 is 0.773 bits per heavy atom. The van der Waals surface area contributed by atoms with Crippen molar-refractivity contribution in [1.82, 2.24) is 24.0 Å². The Morgan fingerprint density at radius 2 is 1.20 bits per heavy atom. The van der Waals surface area contributed by atoms with Crippen molar-refractivity contribution in [3.8, 4) is 23.0 Å². The number of rotatable bonds is 18. The first-order valence-electron chi connectivity index (χ1n) is 14.5. The zero-order valence-corrected chi connectivity index (χ0v) is 25.8. The smallest absolute Gasteiger partial charge is 0.320 e. The van der Waals surface area contributed by atoms with Gasteiger partial charge in [-0.1, -0.05) is 6.42 Å². The molecule has 0 spiro atoms. The summed E-state index contributed by atoms with van der Waals surface area (Å²) >= 11 is 0. The molecule has 2 heterocycles. The third-order valence-electron chi connectivity index (χ3n) is 7.42. The summed E-state index contributed by atoms with van der Waals surface area (Å²) in [5, 5.41) is 9.18. The lowest BCUT2D eigenvalue weighted by atomic mass is 10.1. The molecule has 0 amide bonds. The molecule has 0 saturated heterocycles. The molecular weight excluding hydrogens is 564 g/mol. The van der Waals surface area contributed by atoms with Crippen LogP contribution < -0.4 is 24.7 Å². The number of aromatic nitrogens is 4. The zero-order chi connectivity index (χ0) is 31.5. The molecule has 4 aromatic rings. The van der Waals surface area contributed by atoms with E-state index in [9.17, 15) is 9.90 Å². The molecular formula is C32H42N6O6. The SMILES string of the molecule is COc1cc(Cn2ccnc2CN(CCCCC(N)C(=O)O)Cc2nccn2Cc2cc(OC)cc(OC)c2)cc(OC)c1. The van der Waals surface area contributed by atoms with Crippen LogP contribution in [0.15, 0.2) is 61.2 Å². The second kappa shape index (κ2) is 15.8. The number of unbranched alkanes of at least 4 members (excludes halogenated alkanes) is 1. The van der Waals surface area contributed by atoms with Gasteiger partial charge in [0, 0.05) is 50.0 Å². The van der Waals surface area contributed by atoms with Gasteiger partial charge in [-0.15, -0.1) is 0 Å². The molecule has 0 fully saturated rings. The number of nitrogens with zero attached hydrogens (tertiary/aromatic N) is 5. The van der Waals surface area contributed by atoms with E-state index in [2.05, 4.69) is 24.0 Å². The number of ether oxygens (including phenoxy) is 4. The van der Waals surface area contributed by atoms with E-state index in [1.165, 1.54) is 0 Å². The molecule has 1 atom stereocenters. The molecule has 0 aliphatic heterocycles. The summed E-state index contributed by atoms with van der Waals surface area (Å²) in [6.45, 7) is 3.04. The Hall–Kier alpha value is -4.55. The summed E-state index contributed by atoms with van der Waals surface area (Å²) in [6.07, 6.45) is 9.41. The van der Waals surface area contributed by atoms with E-state index < -0.39 is 12.0 Å². The lowest BCUT2D eigenvalue weighted by Crippen LogP contribution is -2.31. The third kappa shape index (κ3) is 8.98. The van der Waals surface area contributed by atoms with E-state index in [4.69, 9.17) is 24.7 Å². The van der Waals surface area contributed by atoms with Crippen molar-refractivity contribution >= 4 is 5.97 Å². The van der Waals surface area contributed by atoms with E-state index in [1.807, 2.05) is 48.8 Å². The minimum atomic E-state index is -0.978. The topological polar surface area (TPSA) is 139 Å². The molecule has 2 aromatic heterocycles. The van der Waals surface area contributed by atoms with Crippen LogP contribution in [-0.4, -0.2) is 76.1 Å². The Morgan fingerprint density at radius 3 is 1.59 bits per heavy atom. The monoisotopic (exact) mass is 606 g/mol. The van der Waals surface area contributed by atoms with E-state index >= 15 is 0 Å². The number of benzene rings is 2. The number of carboxylic acids is 1. The average molecular weight is 607 g/mol. The molecule has 2 aromatic carbocycles. The fourth-order valence-electron chi connectivity index (χ4n) is 5.02. The Labute approximate surface area is 257 Å². The summed E-state index contributed by atoms with van der Waals surface area (Å²) in [7, 11) is 6.54. The highest BCUT2D eigenvalue weighted by Crippen LogP contribution is 2.25. The first kappa shape index (κ1) is 32.4. The summed E-state index contributed by atoms with van der Waals surface area (Å²) in [5.41, 5.74) is 7.80. The maximum absolute atomic E-state index is 11.2. The van der Waals surface area contributed by atoms with Crippen molar-refractivity contribution in [1.29, 1.82) is 0 Å². The van der Waals surface area contributed by atoms with E-state index in [1.54, 1.807) is 40.8 Å². The minimum absolute atomic E-state index is 0.418. The van der Waals surface area contributed by atoms with E-state index in [-0.39, 0.29) is 0 Å². The van der Waals surface area contributed by atoms with Crippen molar-refractivity contribution in [3.05, 3.63) is 84.0 Å². The van der Waals surface area contributed by atoms with Crippen LogP contribution in [0.25, 0.3) is 0 Å². The lowest BCUT2D eigenvalue weighted by molar-refractivity contribution is -0.138. The number of hydrogen-bond donors (Lipinski definition) is 2. The van der Waals surface area contributed by atoms with Gasteiger partial charge >= 0.3 is 5.97 Å². The van der Waals surface area contributed by atoms with Crippen molar-refractivity contribution in [2.45, 2.75) is 51.5 Å². The van der Waals surface area contributed by atoms with Crippen LogP contribution in [0, 0.1) is 0 Å². The summed E-state index contributed by atoms with van der Waals surface area (Å²) in [4.78, 5) is 22.8. The average Bonchev–Trinajstić information content (AvgIpc) is 3.66. The number of nitrogens with two attached hydrogens (primary N) is 1. The van der Waals surface area contributed by atoms with Crippen LogP contribution in [0.1, 0.15) is 42.0 Å². The highest BCUT2D eigenvalue weighted by molar-refractivity contribution is 5.72. The summed E-state index contributed by atoms with van der Waals surface area (Å²) < 4.78 is 26.0. The number of imidazole rings is 2. The van der Waals surface area contributed by atoms with Gasteiger partial charge in [-0.25, -0.2) is 9.97 Å². The number of hydrogen-bond acceptors (Lipinski definition) is 9. The van der Waals surface area contributed by atoms with Gasteiger partial charge in [0.15, 0.2) is 0 Å². The highest BCUT2D eigenvalue weighted by Gasteiger charge is 2.17. The second-order valence-corrected chi connectivity index (χ2v) is 10.5. The van der Waals surface area contributed by atoms with Gasteiger partial charge in [0.25, 0.3) is 0 Å². The van der Waals surface area contributed by atoms with Crippen LogP contribution in [0.4, 0.5) is 0 Å². The molecule has 0 aliphatic rings. The van der Waals surface area contributed by atoms with Crippen LogP contribution in [0.3, 0.4) is 0 Å². The molecule has 0 bridgehead atoms. The molecule has 4 rings (SSSR count). The van der Waals surface area contributed by atoms with Crippen molar-refractivity contribution in [2.75, 3.05) is 35.0 Å². The largest absolute Gasteiger partial charge is 0.497 e. The molecule has 44 heavy (non-hydrogen) atoms. The van der Waals surface area contributed by atoms with Gasteiger partial charge < -0.3 is 38.9 Å². The van der Waals surface area contributed by atoms with Gasteiger partial charge in [0.05, 0.1) is 41.5 Å². The first-order chi connectivity index (χ1) is 21.3. The Bertz CT molecular complexity index is 1360. The zero-order valence-electron chi connectivity index (χ0n) is 25.8. The maximum Gasteiger partial charge on any atom is 0.320 e. The molecule has 3 N–H and O–H groups in total. The molecule has 12 nitrogen and oxygen atoms in total. The Kier molecular flexibility index (Phi) is 11.6. The minimum Gasteiger partial charge on any atom is -0.497 e. The number of methoxy groups -OCH3 is 4. The van der Waals surface area contributed by atoms with Gasteiger partial charge in [0.1, 0.15) is 40.7 Å². The molecule has 1 unspecified atom stereocenters. The summed E-state index contributed by atoms with van der Waals surface area (Å²) in [5.74, 6) is 3.71. The van der Waals surface area contributed by atoms with Crippen molar-refractivity contribution in [2.24, 2.45) is 5.73 Å².